The fourth-order valence-corrected chi connectivity index (χ4v) is 2.77. The largest absolute Gasteiger partial charge is 0.377 e. The molecule has 1 atom stereocenters. The summed E-state index contributed by atoms with van der Waals surface area (Å²) in [6, 6.07) is 8.49. The van der Waals surface area contributed by atoms with Crippen molar-refractivity contribution in [1.29, 1.82) is 0 Å². The zero-order valence-electron chi connectivity index (χ0n) is 13.3. The van der Waals surface area contributed by atoms with Crippen LogP contribution < -0.4 is 4.90 Å². The van der Waals surface area contributed by atoms with Gasteiger partial charge in [-0.2, -0.15) is 4.98 Å². The fraction of sp³-hybridized carbons (Fsp3) is 0.500. The van der Waals surface area contributed by atoms with E-state index in [1.165, 1.54) is 11.3 Å². The van der Waals surface area contributed by atoms with Crippen LogP contribution in [0.5, 0.6) is 0 Å². The Labute approximate surface area is 130 Å². The van der Waals surface area contributed by atoms with Gasteiger partial charge in [0.25, 0.3) is 0 Å². The molecule has 2 aromatic rings. The summed E-state index contributed by atoms with van der Waals surface area (Å²) in [5, 5.41) is 3.98. The van der Waals surface area contributed by atoms with Gasteiger partial charge in [-0.15, -0.1) is 0 Å². The maximum atomic E-state index is 5.79. The minimum Gasteiger partial charge on any atom is -0.377 e. The van der Waals surface area contributed by atoms with Crippen molar-refractivity contribution in [3.05, 3.63) is 41.5 Å². The lowest BCUT2D eigenvalue weighted by atomic mass is 10.1. The molecule has 2 heterocycles. The minimum atomic E-state index is -0.113. The Bertz CT molecular complexity index is 626. The molecule has 0 aliphatic carbocycles. The van der Waals surface area contributed by atoms with Gasteiger partial charge in [-0.3, -0.25) is 4.90 Å². The number of ether oxygens (including phenoxy) is 1. The Kier molecular flexibility index (Phi) is 4.40. The van der Waals surface area contributed by atoms with E-state index in [0.29, 0.717) is 18.3 Å². The van der Waals surface area contributed by atoms with Crippen LogP contribution in [0.2, 0.25) is 0 Å². The Morgan fingerprint density at radius 1 is 1.32 bits per heavy atom. The van der Waals surface area contributed by atoms with Crippen molar-refractivity contribution in [2.45, 2.75) is 19.6 Å². The van der Waals surface area contributed by atoms with Gasteiger partial charge < -0.3 is 14.2 Å². The molecule has 0 saturated carbocycles. The molecule has 0 amide bonds. The maximum absolute atomic E-state index is 5.79. The SMILES string of the molecule is Cc1nc([C@@H]2CN(Cc3ccccc3N(C)C)CCO2)no1. The van der Waals surface area contributed by atoms with E-state index in [1.807, 2.05) is 0 Å². The van der Waals surface area contributed by atoms with E-state index in [2.05, 4.69) is 58.3 Å². The molecule has 3 rings (SSSR count). The van der Waals surface area contributed by atoms with E-state index in [4.69, 9.17) is 9.26 Å². The predicted octanol–water partition coefficient (Wildman–Crippen LogP) is 2.02. The van der Waals surface area contributed by atoms with E-state index < -0.39 is 0 Å². The number of para-hydroxylation sites is 1. The van der Waals surface area contributed by atoms with Crippen molar-refractivity contribution < 1.29 is 9.26 Å². The standard InChI is InChI=1S/C16H22N4O2/c1-12-17-16(18-22-12)15-11-20(8-9-21-15)10-13-6-4-5-7-14(13)19(2)3/h4-7,15H,8-11H2,1-3H3/t15-/m0/s1. The molecule has 0 radical (unpaired) electrons. The van der Waals surface area contributed by atoms with Crippen LogP contribution in [0.25, 0.3) is 0 Å². The lowest BCUT2D eigenvalue weighted by molar-refractivity contribution is -0.0380. The number of nitrogens with zero attached hydrogens (tertiary/aromatic N) is 4. The summed E-state index contributed by atoms with van der Waals surface area (Å²) >= 11 is 0. The molecular weight excluding hydrogens is 280 g/mol. The highest BCUT2D eigenvalue weighted by atomic mass is 16.5. The topological polar surface area (TPSA) is 54.6 Å². The first-order valence-electron chi connectivity index (χ1n) is 7.53. The van der Waals surface area contributed by atoms with Gasteiger partial charge >= 0.3 is 0 Å². The van der Waals surface area contributed by atoms with Crippen LogP contribution in [0.15, 0.2) is 28.8 Å². The molecule has 0 bridgehead atoms. The first-order valence-corrected chi connectivity index (χ1v) is 7.53. The number of rotatable bonds is 4. The molecule has 118 valence electrons. The van der Waals surface area contributed by atoms with Crippen LogP contribution in [0.3, 0.4) is 0 Å². The van der Waals surface area contributed by atoms with Crippen molar-refractivity contribution in [2.75, 3.05) is 38.7 Å². The van der Waals surface area contributed by atoms with Gasteiger partial charge in [0.2, 0.25) is 11.7 Å². The van der Waals surface area contributed by atoms with Crippen molar-refractivity contribution in [1.82, 2.24) is 15.0 Å². The van der Waals surface area contributed by atoms with Crippen molar-refractivity contribution in [3.8, 4) is 0 Å². The van der Waals surface area contributed by atoms with Crippen molar-refractivity contribution in [2.24, 2.45) is 0 Å². The third-order valence-corrected chi connectivity index (χ3v) is 3.85. The monoisotopic (exact) mass is 302 g/mol. The van der Waals surface area contributed by atoms with Crippen LogP contribution >= 0.6 is 0 Å². The van der Waals surface area contributed by atoms with Gasteiger partial charge in [-0.25, -0.2) is 0 Å². The number of aromatic nitrogens is 2. The number of morpholine rings is 1. The smallest absolute Gasteiger partial charge is 0.223 e. The Hall–Kier alpha value is -1.92. The highest BCUT2D eigenvalue weighted by Crippen LogP contribution is 2.24. The summed E-state index contributed by atoms with van der Waals surface area (Å²) in [7, 11) is 4.14. The summed E-state index contributed by atoms with van der Waals surface area (Å²) in [6.07, 6.45) is -0.113. The molecule has 0 unspecified atom stereocenters. The first-order chi connectivity index (χ1) is 10.6. The Balaban J connectivity index is 1.71. The second-order valence-electron chi connectivity index (χ2n) is 5.79. The number of hydrogen-bond donors (Lipinski definition) is 0. The molecule has 1 aliphatic rings. The van der Waals surface area contributed by atoms with Gasteiger partial charge in [0.05, 0.1) is 6.61 Å². The number of hydrogen-bond acceptors (Lipinski definition) is 6. The quantitative estimate of drug-likeness (QED) is 0.861. The van der Waals surface area contributed by atoms with Gasteiger partial charge in [0, 0.05) is 46.3 Å². The van der Waals surface area contributed by atoms with Crippen LogP contribution in [-0.2, 0) is 11.3 Å². The molecule has 1 fully saturated rings. The van der Waals surface area contributed by atoms with Crippen molar-refractivity contribution in [3.63, 3.8) is 0 Å². The lowest BCUT2D eigenvalue weighted by Gasteiger charge is -2.32. The second kappa shape index (κ2) is 6.46. The van der Waals surface area contributed by atoms with Crippen LogP contribution in [0.4, 0.5) is 5.69 Å². The number of aryl methyl sites for hydroxylation is 1. The molecule has 6 heteroatoms. The van der Waals surface area contributed by atoms with Gasteiger partial charge in [0.1, 0.15) is 6.10 Å². The van der Waals surface area contributed by atoms with Gasteiger partial charge in [0.15, 0.2) is 0 Å². The summed E-state index contributed by atoms with van der Waals surface area (Å²) in [4.78, 5) is 8.81. The molecule has 1 aromatic carbocycles. The zero-order valence-corrected chi connectivity index (χ0v) is 13.3. The van der Waals surface area contributed by atoms with Crippen LogP contribution in [0, 0.1) is 6.92 Å². The molecule has 0 N–H and O–H groups in total. The highest BCUT2D eigenvalue weighted by molar-refractivity contribution is 5.52. The molecule has 1 aromatic heterocycles. The summed E-state index contributed by atoms with van der Waals surface area (Å²) in [5.74, 6) is 1.22. The second-order valence-corrected chi connectivity index (χ2v) is 5.79. The summed E-state index contributed by atoms with van der Waals surface area (Å²) in [5.41, 5.74) is 2.57. The Morgan fingerprint density at radius 2 is 2.14 bits per heavy atom. The number of anilines is 1. The third-order valence-electron chi connectivity index (χ3n) is 3.85. The van der Waals surface area contributed by atoms with Crippen LogP contribution in [0.1, 0.15) is 23.4 Å². The molecule has 22 heavy (non-hydrogen) atoms. The third kappa shape index (κ3) is 3.28. The van der Waals surface area contributed by atoms with Crippen LogP contribution in [-0.4, -0.2) is 48.8 Å². The molecular formula is C16H22N4O2. The average molecular weight is 302 g/mol. The van der Waals surface area contributed by atoms with E-state index in [0.717, 1.165) is 19.6 Å². The van der Waals surface area contributed by atoms with Gasteiger partial charge in [-0.05, 0) is 11.6 Å². The van der Waals surface area contributed by atoms with E-state index in [-0.39, 0.29) is 6.10 Å². The fourth-order valence-electron chi connectivity index (χ4n) is 2.77. The molecule has 1 aliphatic heterocycles. The molecule has 1 saturated heterocycles. The predicted molar refractivity (Wildman–Crippen MR) is 83.8 cm³/mol. The number of benzene rings is 1. The van der Waals surface area contributed by atoms with E-state index in [9.17, 15) is 0 Å². The van der Waals surface area contributed by atoms with E-state index >= 15 is 0 Å². The summed E-state index contributed by atoms with van der Waals surface area (Å²) < 4.78 is 10.8. The van der Waals surface area contributed by atoms with E-state index in [1.54, 1.807) is 6.92 Å². The summed E-state index contributed by atoms with van der Waals surface area (Å²) in [6.45, 7) is 5.06. The lowest BCUT2D eigenvalue weighted by Crippen LogP contribution is -2.38. The Morgan fingerprint density at radius 3 is 2.86 bits per heavy atom. The molecule has 0 spiro atoms. The maximum Gasteiger partial charge on any atom is 0.223 e. The van der Waals surface area contributed by atoms with Crippen molar-refractivity contribution >= 4 is 5.69 Å². The minimum absolute atomic E-state index is 0.113. The normalized spacial score (nSPS) is 19.3. The molecule has 6 nitrogen and oxygen atoms in total. The zero-order chi connectivity index (χ0) is 15.5. The first kappa shape index (κ1) is 15.0. The van der Waals surface area contributed by atoms with Gasteiger partial charge in [-0.1, -0.05) is 23.4 Å². The average Bonchev–Trinajstić information content (AvgIpc) is 2.94. The highest BCUT2D eigenvalue weighted by Gasteiger charge is 2.26.